The Morgan fingerprint density at radius 3 is 2.37 bits per heavy atom. The summed E-state index contributed by atoms with van der Waals surface area (Å²) >= 11 is 0. The van der Waals surface area contributed by atoms with E-state index in [0.717, 1.165) is 25.7 Å². The van der Waals surface area contributed by atoms with E-state index < -0.39 is 29.5 Å². The number of alkyl halides is 2. The van der Waals surface area contributed by atoms with Gasteiger partial charge in [0.2, 0.25) is 5.91 Å². The van der Waals surface area contributed by atoms with Gasteiger partial charge in [0, 0.05) is 19.9 Å². The zero-order chi connectivity index (χ0) is 25.9. The predicted molar refractivity (Wildman–Crippen MR) is 127 cm³/mol. The summed E-state index contributed by atoms with van der Waals surface area (Å²) < 4.78 is 29.4. The molecule has 0 radical (unpaired) electrons. The van der Waals surface area contributed by atoms with E-state index in [1.165, 1.54) is 11.9 Å². The summed E-state index contributed by atoms with van der Waals surface area (Å²) in [4.78, 5) is 24.5. The molecule has 4 aliphatic carbocycles. The lowest BCUT2D eigenvalue weighted by Gasteiger charge is -2.63. The fraction of sp³-hybridized carbons (Fsp3) is 0.926. The van der Waals surface area contributed by atoms with Crippen molar-refractivity contribution in [3.8, 4) is 0 Å². The number of fused-ring (bicyclic) bond motifs is 5. The molecule has 0 bridgehead atoms. The lowest BCUT2D eigenvalue weighted by atomic mass is 9.43. The summed E-state index contributed by atoms with van der Waals surface area (Å²) in [7, 11) is 1.52. The number of aliphatic carboxylic acids is 1. The van der Waals surface area contributed by atoms with Crippen molar-refractivity contribution >= 4 is 11.9 Å². The highest BCUT2D eigenvalue weighted by atomic mass is 19.3. The molecule has 10 atom stereocenters. The number of aliphatic hydroxyl groups is 2. The SMILES string of the molecule is C[C@H](CCC(=O)N(C)CC(=O)O)[C@H]1CCC2C3C(CC[C@@]21C)[C@@]1(C)CC(F)(F)[C@H](O)C[C@H]1C[C@@H]3O. The number of aliphatic hydroxyl groups excluding tert-OH is 2. The molecule has 3 unspecified atom stereocenters. The van der Waals surface area contributed by atoms with Crippen molar-refractivity contribution in [1.82, 2.24) is 4.90 Å². The van der Waals surface area contributed by atoms with Gasteiger partial charge in [-0.1, -0.05) is 20.8 Å². The largest absolute Gasteiger partial charge is 0.480 e. The second kappa shape index (κ2) is 9.23. The fourth-order valence-corrected chi connectivity index (χ4v) is 9.24. The van der Waals surface area contributed by atoms with E-state index in [-0.39, 0.29) is 60.3 Å². The van der Waals surface area contributed by atoms with Gasteiger partial charge in [0.25, 0.3) is 5.92 Å². The Morgan fingerprint density at radius 1 is 1.06 bits per heavy atom. The molecule has 3 N–H and O–H groups in total. The first-order valence-electron chi connectivity index (χ1n) is 13.4. The zero-order valence-corrected chi connectivity index (χ0v) is 21.6. The maximum absolute atomic E-state index is 14.7. The smallest absolute Gasteiger partial charge is 0.323 e. The minimum atomic E-state index is -3.08. The quantitative estimate of drug-likeness (QED) is 0.509. The first kappa shape index (κ1) is 26.8. The standard InChI is InChI=1S/C27H43F2NO5/c1-15(5-8-22(33)30(4)13-23(34)35)17-6-7-18-24-19(9-10-25(17,18)2)26(3)14-27(28,29)21(32)12-16(26)11-20(24)31/h15-21,24,31-32H,5-14H2,1-4H3,(H,34,35)/t15-,16-,17-,18?,19?,20+,21-,24?,25-,26+/m1/s1. The maximum atomic E-state index is 14.7. The van der Waals surface area contributed by atoms with Crippen LogP contribution >= 0.6 is 0 Å². The van der Waals surface area contributed by atoms with Gasteiger partial charge >= 0.3 is 5.97 Å². The van der Waals surface area contributed by atoms with Crippen molar-refractivity contribution in [1.29, 1.82) is 0 Å². The van der Waals surface area contributed by atoms with Crippen molar-refractivity contribution < 1.29 is 33.7 Å². The van der Waals surface area contributed by atoms with Crippen LogP contribution in [-0.4, -0.2) is 63.8 Å². The Morgan fingerprint density at radius 2 is 1.71 bits per heavy atom. The van der Waals surface area contributed by atoms with Crippen LogP contribution in [0.3, 0.4) is 0 Å². The molecule has 4 fully saturated rings. The molecule has 0 aromatic carbocycles. The highest BCUT2D eigenvalue weighted by Gasteiger charge is 2.66. The second-order valence-electron chi connectivity index (χ2n) is 12.9. The van der Waals surface area contributed by atoms with E-state index in [2.05, 4.69) is 13.8 Å². The molecule has 35 heavy (non-hydrogen) atoms. The molecule has 0 aromatic heterocycles. The van der Waals surface area contributed by atoms with Crippen LogP contribution in [0.1, 0.15) is 78.6 Å². The Kier molecular flexibility index (Phi) is 7.06. The highest BCUT2D eigenvalue weighted by Crippen LogP contribution is 2.69. The topological polar surface area (TPSA) is 98.1 Å². The summed E-state index contributed by atoms with van der Waals surface area (Å²) in [6.45, 7) is 6.17. The number of hydrogen-bond acceptors (Lipinski definition) is 4. The Hall–Kier alpha value is -1.28. The van der Waals surface area contributed by atoms with Crippen LogP contribution in [0.15, 0.2) is 0 Å². The molecule has 0 heterocycles. The first-order valence-corrected chi connectivity index (χ1v) is 13.4. The second-order valence-corrected chi connectivity index (χ2v) is 12.9. The van der Waals surface area contributed by atoms with E-state index in [0.29, 0.717) is 25.2 Å². The number of carboxylic acid groups (broad SMARTS) is 1. The third-order valence-corrected chi connectivity index (χ3v) is 11.1. The van der Waals surface area contributed by atoms with Crippen molar-refractivity contribution in [3.05, 3.63) is 0 Å². The molecule has 0 spiro atoms. The van der Waals surface area contributed by atoms with Gasteiger partial charge in [-0.2, -0.15) is 0 Å². The monoisotopic (exact) mass is 499 g/mol. The zero-order valence-electron chi connectivity index (χ0n) is 21.6. The Labute approximate surface area is 207 Å². The number of carbonyl (C=O) groups is 2. The number of halogens is 2. The van der Waals surface area contributed by atoms with Crippen molar-refractivity contribution in [2.24, 2.45) is 46.3 Å². The summed E-state index contributed by atoms with van der Waals surface area (Å²) in [5.74, 6) is -3.37. The van der Waals surface area contributed by atoms with Crippen molar-refractivity contribution in [2.45, 2.75) is 96.7 Å². The van der Waals surface area contributed by atoms with Crippen molar-refractivity contribution in [2.75, 3.05) is 13.6 Å². The van der Waals surface area contributed by atoms with Gasteiger partial charge in [-0.3, -0.25) is 9.59 Å². The molecule has 0 aliphatic heterocycles. The number of rotatable bonds is 6. The van der Waals surface area contributed by atoms with Gasteiger partial charge < -0.3 is 20.2 Å². The third kappa shape index (κ3) is 4.51. The van der Waals surface area contributed by atoms with Gasteiger partial charge in [0.05, 0.1) is 6.10 Å². The molecular weight excluding hydrogens is 456 g/mol. The lowest BCUT2D eigenvalue weighted by molar-refractivity contribution is -0.236. The van der Waals surface area contributed by atoms with Crippen molar-refractivity contribution in [3.63, 3.8) is 0 Å². The highest BCUT2D eigenvalue weighted by molar-refractivity contribution is 5.80. The molecular formula is C27H43F2NO5. The van der Waals surface area contributed by atoms with Crippen LogP contribution in [0.25, 0.3) is 0 Å². The first-order chi connectivity index (χ1) is 16.2. The Balaban J connectivity index is 1.47. The third-order valence-electron chi connectivity index (χ3n) is 11.1. The van der Waals surface area contributed by atoms with Gasteiger partial charge in [-0.25, -0.2) is 8.78 Å². The molecule has 4 aliphatic rings. The minimum Gasteiger partial charge on any atom is -0.480 e. The maximum Gasteiger partial charge on any atom is 0.323 e. The van der Waals surface area contributed by atoms with Gasteiger partial charge in [-0.15, -0.1) is 0 Å². The summed E-state index contributed by atoms with van der Waals surface area (Å²) in [5, 5.41) is 30.3. The van der Waals surface area contributed by atoms with Gasteiger partial charge in [-0.05, 0) is 91.3 Å². The number of likely N-dealkylation sites (N-methyl/N-ethyl adjacent to an activating group) is 1. The average Bonchev–Trinajstić information content (AvgIpc) is 3.10. The molecule has 1 amide bonds. The fourth-order valence-electron chi connectivity index (χ4n) is 9.24. The molecule has 8 heteroatoms. The number of hydrogen-bond donors (Lipinski definition) is 3. The van der Waals surface area contributed by atoms with Crippen LogP contribution in [-0.2, 0) is 9.59 Å². The number of nitrogens with zero attached hydrogens (tertiary/aromatic N) is 1. The number of amides is 1. The number of carboxylic acids is 1. The molecule has 6 nitrogen and oxygen atoms in total. The number of carbonyl (C=O) groups excluding carboxylic acids is 1. The van der Waals surface area contributed by atoms with E-state index in [1.54, 1.807) is 0 Å². The van der Waals surface area contributed by atoms with Crippen LogP contribution in [0.5, 0.6) is 0 Å². The van der Waals surface area contributed by atoms with E-state index in [1.807, 2.05) is 6.92 Å². The normalized spacial score (nSPS) is 45.1. The molecule has 4 rings (SSSR count). The molecule has 4 saturated carbocycles. The lowest BCUT2D eigenvalue weighted by Crippen LogP contribution is -2.62. The molecule has 0 aromatic rings. The van der Waals surface area contributed by atoms with E-state index in [4.69, 9.17) is 5.11 Å². The van der Waals surface area contributed by atoms with E-state index >= 15 is 0 Å². The molecule has 0 saturated heterocycles. The Bertz CT molecular complexity index is 838. The summed E-state index contributed by atoms with van der Waals surface area (Å²) in [6.07, 6.45) is 2.84. The predicted octanol–water partition coefficient (Wildman–Crippen LogP) is 4.18. The van der Waals surface area contributed by atoms with Crippen LogP contribution in [0.4, 0.5) is 8.78 Å². The summed E-state index contributed by atoms with van der Waals surface area (Å²) in [6, 6.07) is 0. The summed E-state index contributed by atoms with van der Waals surface area (Å²) in [5.41, 5.74) is -0.573. The van der Waals surface area contributed by atoms with E-state index in [9.17, 15) is 28.6 Å². The minimum absolute atomic E-state index is 0.00146. The molecule has 200 valence electrons. The van der Waals surface area contributed by atoms with Crippen LogP contribution in [0, 0.1) is 46.3 Å². The van der Waals surface area contributed by atoms with Gasteiger partial charge in [0.15, 0.2) is 0 Å². The van der Waals surface area contributed by atoms with Crippen LogP contribution < -0.4 is 0 Å². The average molecular weight is 500 g/mol. The van der Waals surface area contributed by atoms with Crippen LogP contribution in [0.2, 0.25) is 0 Å². The van der Waals surface area contributed by atoms with Gasteiger partial charge in [0.1, 0.15) is 12.6 Å².